The molecule has 11 heteroatoms. The van der Waals surface area contributed by atoms with Crippen molar-refractivity contribution in [2.45, 2.75) is 6.18 Å². The molecule has 4 aromatic rings. The molecule has 0 radical (unpaired) electrons. The number of rotatable bonds is 4. The van der Waals surface area contributed by atoms with Gasteiger partial charge in [0.1, 0.15) is 11.5 Å². The molecule has 3 aromatic heterocycles. The van der Waals surface area contributed by atoms with Crippen molar-refractivity contribution < 1.29 is 17.9 Å². The SMILES string of the molecule is O=c1cc(C(F)(F)F)nc2nc(Nc3ccc(Oc4ccncc4)cc3)[nH]n12. The maximum absolute atomic E-state index is 12.8. The van der Waals surface area contributed by atoms with Crippen molar-refractivity contribution in [3.05, 3.63) is 70.9 Å². The number of benzene rings is 1. The van der Waals surface area contributed by atoms with E-state index in [1.807, 2.05) is 0 Å². The first kappa shape index (κ1) is 17.5. The van der Waals surface area contributed by atoms with Crippen LogP contribution in [0.2, 0.25) is 0 Å². The van der Waals surface area contributed by atoms with Crippen LogP contribution in [-0.4, -0.2) is 24.6 Å². The summed E-state index contributed by atoms with van der Waals surface area (Å²) < 4.78 is 44.7. The number of H-pyrrole nitrogens is 1. The highest BCUT2D eigenvalue weighted by Crippen LogP contribution is 2.27. The van der Waals surface area contributed by atoms with Gasteiger partial charge in [-0.3, -0.25) is 14.9 Å². The van der Waals surface area contributed by atoms with Gasteiger partial charge < -0.3 is 10.1 Å². The van der Waals surface area contributed by atoms with E-state index in [0.717, 1.165) is 4.52 Å². The van der Waals surface area contributed by atoms with Crippen LogP contribution in [0.5, 0.6) is 11.5 Å². The van der Waals surface area contributed by atoms with Crippen LogP contribution in [0.4, 0.5) is 24.8 Å². The highest BCUT2D eigenvalue weighted by atomic mass is 19.4. The van der Waals surface area contributed by atoms with Crippen LogP contribution >= 0.6 is 0 Å². The molecule has 4 rings (SSSR count). The molecule has 0 bridgehead atoms. The van der Waals surface area contributed by atoms with Gasteiger partial charge in [-0.1, -0.05) is 0 Å². The number of ether oxygens (including phenoxy) is 1. The molecule has 0 aliphatic rings. The van der Waals surface area contributed by atoms with E-state index in [9.17, 15) is 18.0 Å². The number of nitrogens with zero attached hydrogens (tertiary/aromatic N) is 4. The topological polar surface area (TPSA) is 97.2 Å². The normalized spacial score (nSPS) is 11.5. The van der Waals surface area contributed by atoms with Gasteiger partial charge in [0.05, 0.1) is 0 Å². The number of alkyl halides is 3. The zero-order valence-corrected chi connectivity index (χ0v) is 13.9. The van der Waals surface area contributed by atoms with Gasteiger partial charge in [-0.25, -0.2) is 4.98 Å². The van der Waals surface area contributed by atoms with Gasteiger partial charge in [-0.05, 0) is 36.4 Å². The van der Waals surface area contributed by atoms with E-state index >= 15 is 0 Å². The maximum Gasteiger partial charge on any atom is 0.433 e. The fourth-order valence-electron chi connectivity index (χ4n) is 2.37. The van der Waals surface area contributed by atoms with Gasteiger partial charge in [-0.15, -0.1) is 0 Å². The van der Waals surface area contributed by atoms with Gasteiger partial charge in [0, 0.05) is 24.1 Å². The highest BCUT2D eigenvalue weighted by Gasteiger charge is 2.34. The molecule has 0 spiro atoms. The number of fused-ring (bicyclic) bond motifs is 1. The molecule has 0 fully saturated rings. The van der Waals surface area contributed by atoms with Crippen LogP contribution in [-0.2, 0) is 6.18 Å². The summed E-state index contributed by atoms with van der Waals surface area (Å²) in [5.41, 5.74) is -1.64. The van der Waals surface area contributed by atoms with E-state index in [-0.39, 0.29) is 11.7 Å². The summed E-state index contributed by atoms with van der Waals surface area (Å²) in [6.45, 7) is 0. The number of pyridine rings is 1. The van der Waals surface area contributed by atoms with E-state index in [0.29, 0.717) is 23.3 Å². The minimum absolute atomic E-state index is 0.0618. The first-order valence-corrected chi connectivity index (χ1v) is 7.90. The molecule has 3 heterocycles. The van der Waals surface area contributed by atoms with Crippen molar-refractivity contribution in [2.24, 2.45) is 0 Å². The van der Waals surface area contributed by atoms with Crippen LogP contribution in [0.1, 0.15) is 5.69 Å². The van der Waals surface area contributed by atoms with E-state index in [2.05, 4.69) is 25.4 Å². The molecule has 1 aromatic carbocycles. The zero-order chi connectivity index (χ0) is 19.7. The Hall–Kier alpha value is -3.89. The van der Waals surface area contributed by atoms with Crippen LogP contribution in [0.15, 0.2) is 59.7 Å². The van der Waals surface area contributed by atoms with Crippen molar-refractivity contribution in [1.29, 1.82) is 0 Å². The van der Waals surface area contributed by atoms with Crippen LogP contribution in [0, 0.1) is 0 Å². The Labute approximate surface area is 154 Å². The van der Waals surface area contributed by atoms with Crippen molar-refractivity contribution >= 4 is 17.4 Å². The number of anilines is 2. The first-order valence-electron chi connectivity index (χ1n) is 7.90. The van der Waals surface area contributed by atoms with E-state index < -0.39 is 17.4 Å². The lowest BCUT2D eigenvalue weighted by Gasteiger charge is -2.06. The number of nitrogens with one attached hydrogen (secondary N) is 2. The summed E-state index contributed by atoms with van der Waals surface area (Å²) in [5, 5.41) is 5.42. The van der Waals surface area contributed by atoms with Crippen LogP contribution in [0.3, 0.4) is 0 Å². The van der Waals surface area contributed by atoms with E-state index in [4.69, 9.17) is 4.74 Å². The highest BCUT2D eigenvalue weighted by molar-refractivity contribution is 5.56. The summed E-state index contributed by atoms with van der Waals surface area (Å²) in [7, 11) is 0. The summed E-state index contributed by atoms with van der Waals surface area (Å²) >= 11 is 0. The molecular formula is C17H11F3N6O2. The minimum atomic E-state index is -4.73. The van der Waals surface area contributed by atoms with Crippen molar-refractivity contribution in [3.63, 3.8) is 0 Å². The number of halogens is 3. The van der Waals surface area contributed by atoms with Gasteiger partial charge in [-0.2, -0.15) is 22.7 Å². The van der Waals surface area contributed by atoms with Crippen molar-refractivity contribution in [3.8, 4) is 11.5 Å². The molecule has 8 nitrogen and oxygen atoms in total. The Kier molecular flexibility index (Phi) is 4.18. The fourth-order valence-corrected chi connectivity index (χ4v) is 2.37. The third kappa shape index (κ3) is 3.63. The second-order valence-electron chi connectivity index (χ2n) is 5.62. The van der Waals surface area contributed by atoms with E-state index in [1.54, 1.807) is 48.8 Å². The second-order valence-corrected chi connectivity index (χ2v) is 5.62. The fraction of sp³-hybridized carbons (Fsp3) is 0.0588. The van der Waals surface area contributed by atoms with Gasteiger partial charge in [0.15, 0.2) is 5.69 Å². The summed E-state index contributed by atoms with van der Waals surface area (Å²) in [6, 6.07) is 10.6. The summed E-state index contributed by atoms with van der Waals surface area (Å²) in [4.78, 5) is 23.0. The second kappa shape index (κ2) is 6.68. The van der Waals surface area contributed by atoms with Crippen molar-refractivity contribution in [2.75, 3.05) is 5.32 Å². The smallest absolute Gasteiger partial charge is 0.433 e. The first-order chi connectivity index (χ1) is 13.4. The Bertz CT molecular complexity index is 1170. The number of aromatic amines is 1. The van der Waals surface area contributed by atoms with E-state index in [1.165, 1.54) is 0 Å². The summed E-state index contributed by atoms with van der Waals surface area (Å²) in [6.07, 6.45) is -1.52. The molecule has 28 heavy (non-hydrogen) atoms. The minimum Gasteiger partial charge on any atom is -0.457 e. The maximum atomic E-state index is 12.8. The monoisotopic (exact) mass is 388 g/mol. The largest absolute Gasteiger partial charge is 0.457 e. The van der Waals surface area contributed by atoms with Crippen molar-refractivity contribution in [1.82, 2.24) is 24.6 Å². The summed E-state index contributed by atoms with van der Waals surface area (Å²) in [5.74, 6) is 0.875. The standard InChI is InChI=1S/C17H11F3N6O2/c18-17(19,20)13-9-14(27)26-16(23-13)24-15(25-26)22-10-1-3-11(4-2-10)28-12-5-7-21-8-6-12/h1-9H,(H2,22,23,24,25). The molecule has 0 atom stereocenters. The predicted molar refractivity (Wildman–Crippen MR) is 92.6 cm³/mol. The quantitative estimate of drug-likeness (QED) is 0.556. The molecule has 0 aliphatic heterocycles. The Morgan fingerprint density at radius 2 is 1.68 bits per heavy atom. The predicted octanol–water partition coefficient (Wildman–Crippen LogP) is 3.37. The third-order valence-corrected chi connectivity index (χ3v) is 3.62. The molecular weight excluding hydrogens is 377 g/mol. The van der Waals surface area contributed by atoms with Gasteiger partial charge in [0.2, 0.25) is 5.95 Å². The molecule has 0 amide bonds. The number of hydrogen-bond donors (Lipinski definition) is 2. The lowest BCUT2D eigenvalue weighted by Crippen LogP contribution is -2.20. The Morgan fingerprint density at radius 1 is 1.00 bits per heavy atom. The molecule has 0 unspecified atom stereocenters. The number of aromatic nitrogens is 5. The Morgan fingerprint density at radius 3 is 2.36 bits per heavy atom. The van der Waals surface area contributed by atoms with Gasteiger partial charge in [0.25, 0.3) is 11.3 Å². The molecule has 0 aliphatic carbocycles. The lowest BCUT2D eigenvalue weighted by atomic mass is 10.3. The average Bonchev–Trinajstić information content (AvgIpc) is 3.07. The Balaban J connectivity index is 1.55. The lowest BCUT2D eigenvalue weighted by molar-refractivity contribution is -0.141. The van der Waals surface area contributed by atoms with Crippen LogP contribution in [0.25, 0.3) is 5.78 Å². The average molecular weight is 388 g/mol. The molecule has 2 N–H and O–H groups in total. The zero-order valence-electron chi connectivity index (χ0n) is 13.9. The molecule has 0 saturated carbocycles. The molecule has 142 valence electrons. The number of hydrogen-bond acceptors (Lipinski definition) is 6. The molecule has 0 saturated heterocycles. The third-order valence-electron chi connectivity index (χ3n) is 3.62. The van der Waals surface area contributed by atoms with Gasteiger partial charge >= 0.3 is 6.18 Å². The van der Waals surface area contributed by atoms with Crippen LogP contribution < -0.4 is 15.6 Å².